The molecule has 7 nitrogen and oxygen atoms in total. The van der Waals surface area contributed by atoms with E-state index in [2.05, 4.69) is 15.0 Å². The summed E-state index contributed by atoms with van der Waals surface area (Å²) in [5, 5.41) is 1.91. The molecule has 3 aliphatic heterocycles. The third kappa shape index (κ3) is 3.84. The number of hydrogen-bond acceptors (Lipinski definition) is 5. The molecule has 0 radical (unpaired) electrons. The van der Waals surface area contributed by atoms with E-state index in [1.165, 1.54) is 0 Å². The number of benzene rings is 1. The highest BCUT2D eigenvalue weighted by molar-refractivity contribution is 6.45. The Balaban J connectivity index is 1.20. The lowest BCUT2D eigenvalue weighted by molar-refractivity contribution is 0.0125. The van der Waals surface area contributed by atoms with Crippen LogP contribution in [0.25, 0.3) is 10.9 Å². The van der Waals surface area contributed by atoms with Crippen molar-refractivity contribution < 1.29 is 13.6 Å². The molecule has 0 unspecified atom stereocenters. The van der Waals surface area contributed by atoms with Crippen molar-refractivity contribution in [3.63, 3.8) is 0 Å². The second-order valence-electron chi connectivity index (χ2n) is 9.62. The lowest BCUT2D eigenvalue weighted by atomic mass is 9.97. The standard InChI is InChI=1S/C24H24Cl2F2N6O/c1-13-19-16-2-3-17(25)20(26)21(16)31-18(19)4-5-34(13)23(35)22-29-9-15(10-30-22)32-6-7-33-12-24(27,28)8-14(33)11-32/h2-3,9-10,13-14,31H,4-8,11-12H2,1H3/t13-,14+/m1/s1. The lowest BCUT2D eigenvalue weighted by Crippen LogP contribution is -2.50. The van der Waals surface area contributed by atoms with E-state index in [1.807, 2.05) is 22.8 Å². The van der Waals surface area contributed by atoms with E-state index in [1.54, 1.807) is 23.4 Å². The number of amides is 1. The zero-order valence-corrected chi connectivity index (χ0v) is 20.6. The van der Waals surface area contributed by atoms with Gasteiger partial charge in [0.1, 0.15) is 0 Å². The van der Waals surface area contributed by atoms with Gasteiger partial charge in [0.25, 0.3) is 11.8 Å². The van der Waals surface area contributed by atoms with Crippen molar-refractivity contribution in [2.45, 2.75) is 37.8 Å². The molecule has 2 aromatic heterocycles. The quantitative estimate of drug-likeness (QED) is 0.536. The molecular formula is C24H24Cl2F2N6O. The average Bonchev–Trinajstić information content (AvgIpc) is 3.37. The van der Waals surface area contributed by atoms with Crippen LogP contribution < -0.4 is 4.90 Å². The van der Waals surface area contributed by atoms with Crippen LogP contribution in [0.15, 0.2) is 24.5 Å². The summed E-state index contributed by atoms with van der Waals surface area (Å²) in [7, 11) is 0. The molecule has 2 fully saturated rings. The molecule has 0 bridgehead atoms. The summed E-state index contributed by atoms with van der Waals surface area (Å²) in [5.41, 5.74) is 3.61. The largest absolute Gasteiger partial charge is 0.366 e. The molecule has 0 saturated carbocycles. The van der Waals surface area contributed by atoms with Crippen molar-refractivity contribution in [1.82, 2.24) is 24.8 Å². The molecule has 184 valence electrons. The molecule has 2 saturated heterocycles. The Hall–Kier alpha value is -2.49. The SMILES string of the molecule is C[C@@H]1c2c([nH]c3c(Cl)c(Cl)ccc23)CCN1C(=O)c1ncc(N2CCN3CC(F)(F)C[C@H]3C2)cn1. The first-order valence-corrected chi connectivity index (χ1v) is 12.5. The highest BCUT2D eigenvalue weighted by atomic mass is 35.5. The van der Waals surface area contributed by atoms with Crippen LogP contribution in [0.4, 0.5) is 14.5 Å². The Kier molecular flexibility index (Phi) is 5.43. The molecule has 3 aliphatic rings. The smallest absolute Gasteiger partial charge is 0.292 e. The second kappa shape index (κ2) is 8.28. The second-order valence-corrected chi connectivity index (χ2v) is 10.4. The molecule has 11 heteroatoms. The molecular weight excluding hydrogens is 497 g/mol. The number of aromatic nitrogens is 3. The predicted octanol–water partition coefficient (Wildman–Crippen LogP) is 4.55. The summed E-state index contributed by atoms with van der Waals surface area (Å²) in [6.45, 7) is 4.05. The van der Waals surface area contributed by atoms with Crippen molar-refractivity contribution in [3.05, 3.63) is 51.7 Å². The Morgan fingerprint density at radius 2 is 1.94 bits per heavy atom. The van der Waals surface area contributed by atoms with E-state index in [-0.39, 0.29) is 36.8 Å². The summed E-state index contributed by atoms with van der Waals surface area (Å²) >= 11 is 12.6. The molecule has 1 N–H and O–H groups in total. The Bertz CT molecular complexity index is 1310. The zero-order valence-electron chi connectivity index (χ0n) is 19.1. The maximum absolute atomic E-state index is 13.8. The fourth-order valence-electron chi connectivity index (χ4n) is 5.77. The van der Waals surface area contributed by atoms with Gasteiger partial charge < -0.3 is 14.8 Å². The van der Waals surface area contributed by atoms with Crippen LogP contribution >= 0.6 is 23.2 Å². The van der Waals surface area contributed by atoms with Crippen molar-refractivity contribution in [3.8, 4) is 0 Å². The van der Waals surface area contributed by atoms with Crippen LogP contribution in [0.5, 0.6) is 0 Å². The number of H-pyrrole nitrogens is 1. The number of nitrogens with zero attached hydrogens (tertiary/aromatic N) is 5. The van der Waals surface area contributed by atoms with Gasteiger partial charge in [-0.3, -0.25) is 9.69 Å². The van der Waals surface area contributed by atoms with Gasteiger partial charge in [0.15, 0.2) is 0 Å². The van der Waals surface area contributed by atoms with E-state index < -0.39 is 5.92 Å². The minimum absolute atomic E-state index is 0.121. The number of piperazine rings is 1. The topological polar surface area (TPSA) is 68.4 Å². The number of carbonyl (C=O) groups excluding carboxylic acids is 1. The first-order chi connectivity index (χ1) is 16.7. The van der Waals surface area contributed by atoms with Gasteiger partial charge in [0, 0.05) is 61.7 Å². The third-order valence-electron chi connectivity index (χ3n) is 7.50. The summed E-state index contributed by atoms with van der Waals surface area (Å²) < 4.78 is 27.6. The summed E-state index contributed by atoms with van der Waals surface area (Å²) in [4.78, 5) is 31.1. The number of halogens is 4. The number of carbonyl (C=O) groups is 1. The monoisotopic (exact) mass is 520 g/mol. The molecule has 0 aliphatic carbocycles. The van der Waals surface area contributed by atoms with Crippen LogP contribution in [0.2, 0.25) is 10.0 Å². The Morgan fingerprint density at radius 1 is 1.17 bits per heavy atom. The highest BCUT2D eigenvalue weighted by Crippen LogP contribution is 2.40. The van der Waals surface area contributed by atoms with Crippen molar-refractivity contribution in [2.24, 2.45) is 0 Å². The fourth-order valence-corrected chi connectivity index (χ4v) is 6.14. The van der Waals surface area contributed by atoms with E-state index in [0.29, 0.717) is 42.6 Å². The molecule has 6 rings (SSSR count). The number of anilines is 1. The van der Waals surface area contributed by atoms with Crippen LogP contribution in [-0.2, 0) is 6.42 Å². The van der Waals surface area contributed by atoms with Crippen LogP contribution in [0.3, 0.4) is 0 Å². The number of rotatable bonds is 2. The van der Waals surface area contributed by atoms with Crippen LogP contribution in [0.1, 0.15) is 41.3 Å². The van der Waals surface area contributed by atoms with Crippen molar-refractivity contribution in [1.29, 1.82) is 0 Å². The Morgan fingerprint density at radius 3 is 2.71 bits per heavy atom. The minimum Gasteiger partial charge on any atom is -0.366 e. The first-order valence-electron chi connectivity index (χ1n) is 11.7. The average molecular weight is 521 g/mol. The molecule has 3 aromatic rings. The normalized spacial score (nSPS) is 24.0. The van der Waals surface area contributed by atoms with Gasteiger partial charge in [-0.25, -0.2) is 18.7 Å². The van der Waals surface area contributed by atoms with E-state index in [9.17, 15) is 13.6 Å². The number of alkyl halides is 2. The van der Waals surface area contributed by atoms with Crippen LogP contribution in [0, 0.1) is 0 Å². The highest BCUT2D eigenvalue weighted by Gasteiger charge is 2.46. The fraction of sp³-hybridized carbons (Fsp3) is 0.458. The van der Waals surface area contributed by atoms with Gasteiger partial charge in [-0.15, -0.1) is 0 Å². The number of fused-ring (bicyclic) bond motifs is 4. The van der Waals surface area contributed by atoms with Crippen LogP contribution in [-0.4, -0.2) is 75.3 Å². The number of hydrogen-bond donors (Lipinski definition) is 1. The molecule has 1 amide bonds. The summed E-state index contributed by atoms with van der Waals surface area (Å²) in [5.74, 6) is -2.75. The first kappa shape index (κ1) is 22.9. The lowest BCUT2D eigenvalue weighted by Gasteiger charge is -2.38. The molecule has 35 heavy (non-hydrogen) atoms. The predicted molar refractivity (Wildman–Crippen MR) is 131 cm³/mol. The number of nitrogens with one attached hydrogen (secondary N) is 1. The number of aromatic amines is 1. The third-order valence-corrected chi connectivity index (χ3v) is 8.31. The van der Waals surface area contributed by atoms with Gasteiger partial charge in [0.05, 0.1) is 46.2 Å². The summed E-state index contributed by atoms with van der Waals surface area (Å²) in [6.07, 6.45) is 3.77. The van der Waals surface area contributed by atoms with E-state index in [4.69, 9.17) is 23.2 Å². The maximum Gasteiger partial charge on any atom is 0.292 e. The molecule has 0 spiro atoms. The maximum atomic E-state index is 13.8. The molecule has 2 atom stereocenters. The molecule has 1 aromatic carbocycles. The zero-order chi connectivity index (χ0) is 24.5. The van der Waals surface area contributed by atoms with Crippen molar-refractivity contribution in [2.75, 3.05) is 37.6 Å². The van der Waals surface area contributed by atoms with Gasteiger partial charge in [-0.1, -0.05) is 29.3 Å². The minimum atomic E-state index is -2.62. The van der Waals surface area contributed by atoms with E-state index in [0.717, 1.165) is 27.8 Å². The van der Waals surface area contributed by atoms with E-state index >= 15 is 0 Å². The van der Waals surface area contributed by atoms with Gasteiger partial charge >= 0.3 is 0 Å². The van der Waals surface area contributed by atoms with Gasteiger partial charge in [-0.05, 0) is 13.0 Å². The van der Waals surface area contributed by atoms with Gasteiger partial charge in [-0.2, -0.15) is 0 Å². The Labute approximate surface area is 211 Å². The van der Waals surface area contributed by atoms with Crippen molar-refractivity contribution >= 4 is 45.7 Å². The summed E-state index contributed by atoms with van der Waals surface area (Å²) in [6, 6.07) is 3.32. The molecule has 5 heterocycles. The van der Waals surface area contributed by atoms with Gasteiger partial charge in [0.2, 0.25) is 5.82 Å².